The summed E-state index contributed by atoms with van der Waals surface area (Å²) in [5.41, 5.74) is 3.63. The summed E-state index contributed by atoms with van der Waals surface area (Å²) in [6.07, 6.45) is 1.40. The number of carbonyl (C=O) groups excluding carboxylic acids is 2. The van der Waals surface area contributed by atoms with E-state index in [1.165, 1.54) is 13.3 Å². The number of rotatable bonds is 7. The van der Waals surface area contributed by atoms with Crippen LogP contribution >= 0.6 is 0 Å². The van der Waals surface area contributed by atoms with Crippen molar-refractivity contribution >= 4 is 18.1 Å². The quantitative estimate of drug-likeness (QED) is 0.387. The molecule has 142 valence electrons. The minimum Gasteiger partial charge on any atom is -0.484 e. The van der Waals surface area contributed by atoms with E-state index in [-0.39, 0.29) is 12.5 Å². The molecule has 0 aliphatic heterocycles. The second-order valence-corrected chi connectivity index (χ2v) is 5.67. The zero-order valence-electron chi connectivity index (χ0n) is 15.1. The predicted molar refractivity (Wildman–Crippen MR) is 103 cm³/mol. The fourth-order valence-corrected chi connectivity index (χ4v) is 2.33. The maximum Gasteiger partial charge on any atom is 0.337 e. The summed E-state index contributed by atoms with van der Waals surface area (Å²) in [5, 5.41) is 3.85. The third kappa shape index (κ3) is 5.07. The van der Waals surface area contributed by atoms with Crippen LogP contribution < -0.4 is 10.2 Å². The largest absolute Gasteiger partial charge is 0.484 e. The van der Waals surface area contributed by atoms with Crippen molar-refractivity contribution in [1.29, 1.82) is 0 Å². The number of hydrogen-bond donors (Lipinski definition) is 1. The number of nitrogens with one attached hydrogen (secondary N) is 1. The first-order valence-corrected chi connectivity index (χ1v) is 8.44. The molecule has 0 aliphatic rings. The normalized spacial score (nSPS) is 10.6. The fourth-order valence-electron chi connectivity index (χ4n) is 2.33. The lowest BCUT2D eigenvalue weighted by Crippen LogP contribution is -2.24. The smallest absolute Gasteiger partial charge is 0.337 e. The number of furan rings is 1. The van der Waals surface area contributed by atoms with Crippen LogP contribution in [0.1, 0.15) is 16.1 Å². The van der Waals surface area contributed by atoms with Gasteiger partial charge in [-0.25, -0.2) is 10.2 Å². The number of amides is 1. The Bertz CT molecular complexity index is 962. The molecule has 0 saturated heterocycles. The monoisotopic (exact) mass is 378 g/mol. The van der Waals surface area contributed by atoms with Crippen molar-refractivity contribution in [2.45, 2.75) is 0 Å². The molecule has 0 radical (unpaired) electrons. The molecular weight excluding hydrogens is 360 g/mol. The number of benzene rings is 2. The van der Waals surface area contributed by atoms with E-state index in [0.717, 1.165) is 5.56 Å². The van der Waals surface area contributed by atoms with Crippen molar-refractivity contribution in [2.75, 3.05) is 13.7 Å². The Kier molecular flexibility index (Phi) is 6.20. The molecule has 0 fully saturated rings. The van der Waals surface area contributed by atoms with Gasteiger partial charge in [-0.15, -0.1) is 0 Å². The highest BCUT2D eigenvalue weighted by Gasteiger charge is 2.08. The predicted octanol–water partition coefficient (Wildman–Crippen LogP) is 3.26. The van der Waals surface area contributed by atoms with Crippen LogP contribution in [0.15, 0.2) is 76.2 Å². The van der Waals surface area contributed by atoms with Crippen LogP contribution in [-0.4, -0.2) is 31.8 Å². The second-order valence-electron chi connectivity index (χ2n) is 5.67. The van der Waals surface area contributed by atoms with Gasteiger partial charge in [0.2, 0.25) is 0 Å². The molecule has 7 heteroatoms. The van der Waals surface area contributed by atoms with Crippen molar-refractivity contribution in [3.8, 4) is 17.1 Å². The summed E-state index contributed by atoms with van der Waals surface area (Å²) >= 11 is 0. The third-order valence-corrected chi connectivity index (χ3v) is 3.71. The first-order valence-electron chi connectivity index (χ1n) is 8.44. The van der Waals surface area contributed by atoms with Gasteiger partial charge in [-0.3, -0.25) is 4.79 Å². The van der Waals surface area contributed by atoms with Crippen molar-refractivity contribution in [1.82, 2.24) is 5.43 Å². The first-order chi connectivity index (χ1) is 13.7. The average molecular weight is 378 g/mol. The Morgan fingerprint density at radius 1 is 1.04 bits per heavy atom. The van der Waals surface area contributed by atoms with Crippen LogP contribution in [0.5, 0.6) is 5.75 Å². The van der Waals surface area contributed by atoms with E-state index in [2.05, 4.69) is 15.3 Å². The number of esters is 1. The Labute approximate surface area is 161 Å². The molecule has 3 rings (SSSR count). The molecule has 0 spiro atoms. The van der Waals surface area contributed by atoms with E-state index in [0.29, 0.717) is 22.8 Å². The maximum absolute atomic E-state index is 11.7. The van der Waals surface area contributed by atoms with Gasteiger partial charge in [-0.2, -0.15) is 5.10 Å². The summed E-state index contributed by atoms with van der Waals surface area (Å²) in [4.78, 5) is 23.2. The molecule has 1 N–H and O–H groups in total. The van der Waals surface area contributed by atoms with Gasteiger partial charge in [-0.1, -0.05) is 30.3 Å². The molecule has 7 nitrogen and oxygen atoms in total. The topological polar surface area (TPSA) is 90.1 Å². The highest BCUT2D eigenvalue weighted by Crippen LogP contribution is 2.22. The number of carbonyl (C=O) groups is 2. The van der Waals surface area contributed by atoms with Crippen molar-refractivity contribution < 1.29 is 23.5 Å². The number of para-hydroxylation sites is 1. The molecule has 0 aliphatic carbocycles. The average Bonchev–Trinajstić information content (AvgIpc) is 3.21. The van der Waals surface area contributed by atoms with E-state index >= 15 is 0 Å². The zero-order chi connectivity index (χ0) is 19.8. The van der Waals surface area contributed by atoms with Gasteiger partial charge >= 0.3 is 5.97 Å². The molecule has 2 aromatic carbocycles. The lowest BCUT2D eigenvalue weighted by Gasteiger charge is -2.03. The van der Waals surface area contributed by atoms with Crippen LogP contribution in [0.3, 0.4) is 0 Å². The van der Waals surface area contributed by atoms with E-state index in [1.54, 1.807) is 48.5 Å². The van der Waals surface area contributed by atoms with Gasteiger partial charge < -0.3 is 13.9 Å². The van der Waals surface area contributed by atoms with Gasteiger partial charge in [0.15, 0.2) is 6.61 Å². The molecule has 0 bridgehead atoms. The summed E-state index contributed by atoms with van der Waals surface area (Å²) in [7, 11) is 1.33. The second kappa shape index (κ2) is 9.18. The minimum atomic E-state index is -0.397. The molecular formula is C21H18N2O5. The van der Waals surface area contributed by atoms with E-state index in [4.69, 9.17) is 9.15 Å². The minimum absolute atomic E-state index is 0.142. The third-order valence-electron chi connectivity index (χ3n) is 3.71. The van der Waals surface area contributed by atoms with Crippen LogP contribution in [0.2, 0.25) is 0 Å². The number of ether oxygens (including phenoxy) is 2. The van der Waals surface area contributed by atoms with Gasteiger partial charge in [-0.05, 0) is 36.4 Å². The van der Waals surface area contributed by atoms with Crippen LogP contribution in [-0.2, 0) is 9.53 Å². The molecule has 0 saturated carbocycles. The van der Waals surface area contributed by atoms with Gasteiger partial charge in [0.05, 0.1) is 18.9 Å². The Morgan fingerprint density at radius 3 is 2.50 bits per heavy atom. The molecule has 0 atom stereocenters. The van der Waals surface area contributed by atoms with Gasteiger partial charge in [0.1, 0.15) is 17.3 Å². The highest BCUT2D eigenvalue weighted by atomic mass is 16.5. The zero-order valence-corrected chi connectivity index (χ0v) is 15.1. The standard InChI is InChI=1S/C21H18N2O5/c1-26-21(25)16-9-7-15(8-10-16)19-12-11-18(28-19)13-22-23-20(24)14-27-17-5-3-2-4-6-17/h2-13H,14H2,1H3,(H,23,24)/b22-13-. The molecule has 1 aromatic heterocycles. The van der Waals surface area contributed by atoms with Gasteiger partial charge in [0.25, 0.3) is 5.91 Å². The van der Waals surface area contributed by atoms with E-state index < -0.39 is 5.97 Å². The maximum atomic E-state index is 11.7. The Balaban J connectivity index is 1.52. The Morgan fingerprint density at radius 2 is 1.79 bits per heavy atom. The van der Waals surface area contributed by atoms with Crippen LogP contribution in [0.25, 0.3) is 11.3 Å². The number of methoxy groups -OCH3 is 1. The molecule has 1 amide bonds. The lowest BCUT2D eigenvalue weighted by molar-refractivity contribution is -0.123. The summed E-state index contributed by atoms with van der Waals surface area (Å²) in [6.45, 7) is -0.142. The summed E-state index contributed by atoms with van der Waals surface area (Å²) in [5.74, 6) is 0.902. The van der Waals surface area contributed by atoms with Gasteiger partial charge in [0, 0.05) is 5.56 Å². The van der Waals surface area contributed by atoms with Crippen LogP contribution in [0.4, 0.5) is 0 Å². The van der Waals surface area contributed by atoms with E-state index in [1.807, 2.05) is 18.2 Å². The number of hydrazone groups is 1. The SMILES string of the molecule is COC(=O)c1ccc(-c2ccc(/C=N\NC(=O)COc3ccccc3)o2)cc1. The lowest BCUT2D eigenvalue weighted by atomic mass is 10.1. The molecule has 1 heterocycles. The highest BCUT2D eigenvalue weighted by molar-refractivity contribution is 5.90. The number of hydrogen-bond acceptors (Lipinski definition) is 6. The molecule has 28 heavy (non-hydrogen) atoms. The van der Waals surface area contributed by atoms with Crippen molar-refractivity contribution in [3.63, 3.8) is 0 Å². The fraction of sp³-hybridized carbons (Fsp3) is 0.0952. The van der Waals surface area contributed by atoms with Crippen molar-refractivity contribution in [3.05, 3.63) is 78.1 Å². The number of nitrogens with zero attached hydrogens (tertiary/aromatic N) is 1. The summed E-state index contributed by atoms with van der Waals surface area (Å²) in [6, 6.07) is 19.4. The van der Waals surface area contributed by atoms with Crippen LogP contribution in [0, 0.1) is 0 Å². The molecule has 3 aromatic rings. The first kappa shape index (κ1) is 18.9. The summed E-state index contributed by atoms with van der Waals surface area (Å²) < 4.78 is 15.7. The Hall–Kier alpha value is -3.87. The molecule has 0 unspecified atom stereocenters. The van der Waals surface area contributed by atoms with E-state index in [9.17, 15) is 9.59 Å². The van der Waals surface area contributed by atoms with Crippen molar-refractivity contribution in [2.24, 2.45) is 5.10 Å².